The second-order valence-electron chi connectivity index (χ2n) is 6.87. The Labute approximate surface area is 166 Å². The first-order chi connectivity index (χ1) is 13.6. The lowest BCUT2D eigenvalue weighted by molar-refractivity contribution is 0.0497. The minimum absolute atomic E-state index is 0.127. The van der Waals surface area contributed by atoms with E-state index in [1.54, 1.807) is 24.3 Å². The van der Waals surface area contributed by atoms with E-state index in [0.717, 1.165) is 56.9 Å². The third-order valence-corrected chi connectivity index (χ3v) is 4.67. The molecule has 0 aliphatic rings. The van der Waals surface area contributed by atoms with Crippen molar-refractivity contribution >= 4 is 11.9 Å². The number of phenolic OH excluding ortho intramolecular Hbond substituents is 1. The van der Waals surface area contributed by atoms with Crippen LogP contribution in [-0.2, 0) is 11.2 Å². The van der Waals surface area contributed by atoms with Crippen LogP contribution in [0.1, 0.15) is 71.2 Å². The van der Waals surface area contributed by atoms with Crippen molar-refractivity contribution in [3.8, 4) is 5.75 Å². The Morgan fingerprint density at radius 1 is 0.786 bits per heavy atom. The van der Waals surface area contributed by atoms with Crippen LogP contribution in [0.15, 0.2) is 48.5 Å². The van der Waals surface area contributed by atoms with Gasteiger partial charge in [-0.1, -0.05) is 50.3 Å². The molecule has 0 radical (unpaired) electrons. The van der Waals surface area contributed by atoms with Gasteiger partial charge in [0.1, 0.15) is 5.75 Å². The average Bonchev–Trinajstić information content (AvgIpc) is 2.70. The van der Waals surface area contributed by atoms with Gasteiger partial charge in [-0.05, 0) is 55.2 Å². The number of aryl methyl sites for hydroxylation is 1. The number of aromatic carboxylic acids is 1. The van der Waals surface area contributed by atoms with Gasteiger partial charge in [-0.3, -0.25) is 0 Å². The van der Waals surface area contributed by atoms with Crippen LogP contribution in [0.5, 0.6) is 5.75 Å². The molecular weight excluding hydrogens is 356 g/mol. The van der Waals surface area contributed by atoms with Crippen LogP contribution in [0, 0.1) is 0 Å². The molecule has 0 fully saturated rings. The Bertz CT molecular complexity index is 752. The van der Waals surface area contributed by atoms with E-state index in [4.69, 9.17) is 4.74 Å². The maximum absolute atomic E-state index is 11.8. The van der Waals surface area contributed by atoms with Crippen LogP contribution in [0.4, 0.5) is 0 Å². The maximum atomic E-state index is 11.8. The van der Waals surface area contributed by atoms with E-state index in [0.29, 0.717) is 17.7 Å². The summed E-state index contributed by atoms with van der Waals surface area (Å²) in [7, 11) is 0. The fourth-order valence-corrected chi connectivity index (χ4v) is 3.09. The van der Waals surface area contributed by atoms with Gasteiger partial charge in [0.2, 0.25) is 0 Å². The van der Waals surface area contributed by atoms with Gasteiger partial charge < -0.3 is 14.9 Å². The van der Waals surface area contributed by atoms with E-state index in [2.05, 4.69) is 0 Å². The van der Waals surface area contributed by atoms with Gasteiger partial charge in [-0.2, -0.15) is 0 Å². The minimum atomic E-state index is -0.860. The third kappa shape index (κ3) is 7.43. The zero-order chi connectivity index (χ0) is 20.2. The lowest BCUT2D eigenvalue weighted by Crippen LogP contribution is -2.06. The summed E-state index contributed by atoms with van der Waals surface area (Å²) in [5.74, 6) is -1.09. The van der Waals surface area contributed by atoms with Crippen molar-refractivity contribution in [2.45, 2.75) is 51.4 Å². The number of ether oxygens (including phenoxy) is 1. The predicted octanol–water partition coefficient (Wildman–Crippen LogP) is 5.22. The van der Waals surface area contributed by atoms with E-state index in [1.165, 1.54) is 12.1 Å². The van der Waals surface area contributed by atoms with Crippen molar-refractivity contribution in [1.82, 2.24) is 0 Å². The SMILES string of the molecule is O=C(OCCCCCCCCCc1ccccc1C(=O)O)c1ccc(O)cc1. The number of phenols is 1. The van der Waals surface area contributed by atoms with Crippen LogP contribution < -0.4 is 0 Å². The van der Waals surface area contributed by atoms with Crippen LogP contribution in [0.3, 0.4) is 0 Å². The molecule has 5 heteroatoms. The number of carbonyl (C=O) groups is 2. The van der Waals surface area contributed by atoms with Gasteiger partial charge in [0.15, 0.2) is 0 Å². The highest BCUT2D eigenvalue weighted by atomic mass is 16.5. The molecule has 0 atom stereocenters. The van der Waals surface area contributed by atoms with Crippen molar-refractivity contribution < 1.29 is 24.5 Å². The standard InChI is InChI=1S/C23H28O5/c24-20-15-13-19(14-16-20)23(27)28-17-9-5-3-1-2-4-6-10-18-11-7-8-12-21(18)22(25)26/h7-8,11-16,24H,1-6,9-10,17H2,(H,25,26). The number of rotatable bonds is 12. The lowest BCUT2D eigenvalue weighted by atomic mass is 10.0. The van der Waals surface area contributed by atoms with Crippen LogP contribution in [0.2, 0.25) is 0 Å². The summed E-state index contributed by atoms with van der Waals surface area (Å²) in [5, 5.41) is 18.4. The van der Waals surface area contributed by atoms with Gasteiger partial charge in [0.25, 0.3) is 0 Å². The molecule has 2 N–H and O–H groups in total. The second-order valence-corrected chi connectivity index (χ2v) is 6.87. The van der Waals surface area contributed by atoms with E-state index in [9.17, 15) is 19.8 Å². The summed E-state index contributed by atoms with van der Waals surface area (Å²) >= 11 is 0. The highest BCUT2D eigenvalue weighted by Crippen LogP contribution is 2.15. The number of carboxylic acid groups (broad SMARTS) is 1. The molecule has 0 spiro atoms. The predicted molar refractivity (Wildman–Crippen MR) is 108 cm³/mol. The van der Waals surface area contributed by atoms with Crippen molar-refractivity contribution in [2.24, 2.45) is 0 Å². The molecule has 0 aliphatic heterocycles. The lowest BCUT2D eigenvalue weighted by Gasteiger charge is -2.06. The number of carboxylic acids is 1. The minimum Gasteiger partial charge on any atom is -0.508 e. The van der Waals surface area contributed by atoms with Crippen LogP contribution in [0.25, 0.3) is 0 Å². The second kappa shape index (κ2) is 11.8. The molecule has 5 nitrogen and oxygen atoms in total. The fraction of sp³-hybridized carbons (Fsp3) is 0.391. The summed E-state index contributed by atoms with van der Waals surface area (Å²) in [5.41, 5.74) is 1.76. The van der Waals surface area contributed by atoms with Crippen molar-refractivity contribution in [1.29, 1.82) is 0 Å². The van der Waals surface area contributed by atoms with Gasteiger partial charge in [0.05, 0.1) is 17.7 Å². The van der Waals surface area contributed by atoms with Crippen LogP contribution in [-0.4, -0.2) is 28.8 Å². The monoisotopic (exact) mass is 384 g/mol. The molecule has 0 saturated carbocycles. The summed E-state index contributed by atoms with van der Waals surface area (Å²) in [6.07, 6.45) is 8.10. The Balaban J connectivity index is 1.48. The average molecular weight is 384 g/mol. The number of benzene rings is 2. The van der Waals surface area contributed by atoms with Gasteiger partial charge in [0, 0.05) is 0 Å². The largest absolute Gasteiger partial charge is 0.508 e. The summed E-state index contributed by atoms with van der Waals surface area (Å²) in [6.45, 7) is 0.408. The highest BCUT2D eigenvalue weighted by Gasteiger charge is 2.08. The molecule has 0 heterocycles. The first kappa shape index (κ1) is 21.5. The molecule has 2 aromatic carbocycles. The molecular formula is C23H28O5. The van der Waals surface area contributed by atoms with Gasteiger partial charge in [-0.25, -0.2) is 9.59 Å². The zero-order valence-corrected chi connectivity index (χ0v) is 16.1. The summed E-state index contributed by atoms with van der Waals surface area (Å²) < 4.78 is 5.22. The molecule has 150 valence electrons. The topological polar surface area (TPSA) is 83.8 Å². The first-order valence-corrected chi connectivity index (χ1v) is 9.85. The Morgan fingerprint density at radius 2 is 1.39 bits per heavy atom. The molecule has 0 bridgehead atoms. The molecule has 0 aliphatic carbocycles. The Kier molecular flexibility index (Phi) is 9.05. The van der Waals surface area contributed by atoms with Gasteiger partial charge in [-0.15, -0.1) is 0 Å². The number of unbranched alkanes of at least 4 members (excludes halogenated alkanes) is 6. The molecule has 28 heavy (non-hydrogen) atoms. The highest BCUT2D eigenvalue weighted by molar-refractivity contribution is 5.89. The number of hydrogen-bond acceptors (Lipinski definition) is 4. The van der Waals surface area contributed by atoms with E-state index in [-0.39, 0.29) is 11.7 Å². The molecule has 0 saturated heterocycles. The molecule has 2 rings (SSSR count). The number of esters is 1. The zero-order valence-electron chi connectivity index (χ0n) is 16.1. The maximum Gasteiger partial charge on any atom is 0.338 e. The summed E-state index contributed by atoms with van der Waals surface area (Å²) in [4.78, 5) is 23.0. The van der Waals surface area contributed by atoms with Crippen molar-refractivity contribution in [3.63, 3.8) is 0 Å². The smallest absolute Gasteiger partial charge is 0.338 e. The summed E-state index contributed by atoms with van der Waals surface area (Å²) in [6, 6.07) is 13.2. The normalized spacial score (nSPS) is 10.6. The van der Waals surface area contributed by atoms with E-state index < -0.39 is 5.97 Å². The Hall–Kier alpha value is -2.82. The van der Waals surface area contributed by atoms with Crippen molar-refractivity contribution in [3.05, 3.63) is 65.2 Å². The number of aromatic hydroxyl groups is 1. The molecule has 0 aromatic heterocycles. The van der Waals surface area contributed by atoms with E-state index in [1.807, 2.05) is 12.1 Å². The number of hydrogen-bond donors (Lipinski definition) is 2. The molecule has 0 unspecified atom stereocenters. The Morgan fingerprint density at radius 3 is 2.07 bits per heavy atom. The van der Waals surface area contributed by atoms with Gasteiger partial charge >= 0.3 is 11.9 Å². The first-order valence-electron chi connectivity index (χ1n) is 9.85. The fourth-order valence-electron chi connectivity index (χ4n) is 3.09. The quantitative estimate of drug-likeness (QED) is 0.387. The third-order valence-electron chi connectivity index (χ3n) is 4.67. The molecule has 0 amide bonds. The van der Waals surface area contributed by atoms with Crippen LogP contribution >= 0.6 is 0 Å². The molecule has 2 aromatic rings. The van der Waals surface area contributed by atoms with E-state index >= 15 is 0 Å². The van der Waals surface area contributed by atoms with Crippen molar-refractivity contribution in [2.75, 3.05) is 6.61 Å². The number of carbonyl (C=O) groups excluding carboxylic acids is 1.